The van der Waals surface area contributed by atoms with Crippen LogP contribution in [0.25, 0.3) is 10.9 Å². The molecule has 0 saturated heterocycles. The number of aryl methyl sites for hydroxylation is 1. The van der Waals surface area contributed by atoms with Crippen LogP contribution in [0, 0.1) is 0 Å². The molecule has 0 atom stereocenters. The first kappa shape index (κ1) is 16.8. The number of benzene rings is 2. The Morgan fingerprint density at radius 3 is 2.60 bits per heavy atom. The Morgan fingerprint density at radius 2 is 1.88 bits per heavy atom. The van der Waals surface area contributed by atoms with Gasteiger partial charge in [-0.2, -0.15) is 0 Å². The Balaban J connectivity index is 2.08. The standard InChI is InChI=1S/C16H14N2O6S/c1-18-14-7-6-12(9-13(14)15(19)24-16(18)20)25(21,22)17-10-4-3-5-11(8-10)23-2/h3-9,17H,1-2H3. The smallest absolute Gasteiger partial charge is 0.422 e. The number of hydrogen-bond acceptors (Lipinski definition) is 6. The molecule has 0 aliphatic rings. The number of hydrogen-bond donors (Lipinski definition) is 1. The van der Waals surface area contributed by atoms with Gasteiger partial charge in [0.05, 0.1) is 28.6 Å². The van der Waals surface area contributed by atoms with Crippen LogP contribution in [0.5, 0.6) is 5.75 Å². The molecule has 0 saturated carbocycles. The molecule has 0 fully saturated rings. The zero-order chi connectivity index (χ0) is 18.2. The van der Waals surface area contributed by atoms with Gasteiger partial charge in [-0.25, -0.2) is 18.0 Å². The van der Waals surface area contributed by atoms with Crippen molar-refractivity contribution in [2.45, 2.75) is 4.90 Å². The Hall–Kier alpha value is -3.07. The summed E-state index contributed by atoms with van der Waals surface area (Å²) in [6, 6.07) is 10.3. The van der Waals surface area contributed by atoms with Gasteiger partial charge in [-0.15, -0.1) is 0 Å². The second-order valence-electron chi connectivity index (χ2n) is 5.23. The number of fused-ring (bicyclic) bond motifs is 1. The first-order chi connectivity index (χ1) is 11.8. The third kappa shape index (κ3) is 3.13. The van der Waals surface area contributed by atoms with Crippen LogP contribution >= 0.6 is 0 Å². The van der Waals surface area contributed by atoms with E-state index in [9.17, 15) is 18.0 Å². The Bertz CT molecular complexity index is 1180. The van der Waals surface area contributed by atoms with Gasteiger partial charge in [0.25, 0.3) is 10.0 Å². The number of anilines is 1. The largest absolute Gasteiger partial charge is 0.497 e. The number of methoxy groups -OCH3 is 1. The molecule has 130 valence electrons. The highest BCUT2D eigenvalue weighted by Crippen LogP contribution is 2.22. The normalized spacial score (nSPS) is 11.4. The van der Waals surface area contributed by atoms with Gasteiger partial charge in [-0.1, -0.05) is 6.07 Å². The molecule has 3 aromatic rings. The SMILES string of the molecule is COc1cccc(NS(=O)(=O)c2ccc3c(c2)c(=O)oc(=O)n3C)c1. The summed E-state index contributed by atoms with van der Waals surface area (Å²) in [4.78, 5) is 23.2. The van der Waals surface area contributed by atoms with Crippen molar-refractivity contribution < 1.29 is 17.6 Å². The number of rotatable bonds is 4. The van der Waals surface area contributed by atoms with Crippen molar-refractivity contribution in [3.05, 3.63) is 63.4 Å². The molecule has 0 radical (unpaired) electrons. The van der Waals surface area contributed by atoms with Crippen molar-refractivity contribution in [1.82, 2.24) is 4.57 Å². The number of aromatic nitrogens is 1. The van der Waals surface area contributed by atoms with Gasteiger partial charge >= 0.3 is 11.4 Å². The molecule has 1 aromatic heterocycles. The predicted molar refractivity (Wildman–Crippen MR) is 91.5 cm³/mol. The molecule has 9 heteroatoms. The molecule has 0 aliphatic carbocycles. The molecule has 1 heterocycles. The fourth-order valence-electron chi connectivity index (χ4n) is 2.34. The lowest BCUT2D eigenvalue weighted by atomic mass is 10.2. The van der Waals surface area contributed by atoms with E-state index in [4.69, 9.17) is 4.74 Å². The molecular weight excluding hydrogens is 348 g/mol. The van der Waals surface area contributed by atoms with E-state index in [1.165, 1.54) is 38.4 Å². The summed E-state index contributed by atoms with van der Waals surface area (Å²) in [5.74, 6) is -0.322. The number of nitrogens with zero attached hydrogens (tertiary/aromatic N) is 1. The van der Waals surface area contributed by atoms with Crippen LogP contribution in [0.2, 0.25) is 0 Å². The van der Waals surface area contributed by atoms with Crippen LogP contribution in [0.1, 0.15) is 0 Å². The number of ether oxygens (including phenoxy) is 1. The third-order valence-corrected chi connectivity index (χ3v) is 5.01. The lowest BCUT2D eigenvalue weighted by Gasteiger charge is -2.10. The number of sulfonamides is 1. The summed E-state index contributed by atoms with van der Waals surface area (Å²) in [5, 5.41) is -0.00406. The van der Waals surface area contributed by atoms with E-state index in [1.807, 2.05) is 0 Å². The molecule has 0 unspecified atom stereocenters. The molecule has 0 spiro atoms. The van der Waals surface area contributed by atoms with Gasteiger partial charge in [-0.05, 0) is 30.3 Å². The van der Waals surface area contributed by atoms with Gasteiger partial charge in [-0.3, -0.25) is 9.29 Å². The van der Waals surface area contributed by atoms with E-state index in [0.29, 0.717) is 11.4 Å². The van der Waals surface area contributed by atoms with Crippen molar-refractivity contribution in [3.63, 3.8) is 0 Å². The lowest BCUT2D eigenvalue weighted by Crippen LogP contribution is -2.23. The summed E-state index contributed by atoms with van der Waals surface area (Å²) >= 11 is 0. The minimum Gasteiger partial charge on any atom is -0.497 e. The minimum absolute atomic E-state index is 0.00406. The molecule has 0 aliphatic heterocycles. The van der Waals surface area contributed by atoms with Gasteiger partial charge in [0.1, 0.15) is 5.75 Å². The topological polar surface area (TPSA) is 108 Å². The van der Waals surface area contributed by atoms with Crippen LogP contribution in [0.4, 0.5) is 5.69 Å². The van der Waals surface area contributed by atoms with Crippen LogP contribution in [0.3, 0.4) is 0 Å². The highest BCUT2D eigenvalue weighted by atomic mass is 32.2. The molecule has 2 aromatic carbocycles. The van der Waals surface area contributed by atoms with Crippen LogP contribution in [-0.4, -0.2) is 20.1 Å². The maximum atomic E-state index is 12.6. The summed E-state index contributed by atoms with van der Waals surface area (Å²) in [7, 11) is -1.04. The Kier molecular flexibility index (Phi) is 4.09. The molecule has 8 nitrogen and oxygen atoms in total. The monoisotopic (exact) mass is 362 g/mol. The van der Waals surface area contributed by atoms with Crippen molar-refractivity contribution in [3.8, 4) is 5.75 Å². The van der Waals surface area contributed by atoms with Gasteiger partial charge in [0.2, 0.25) is 0 Å². The van der Waals surface area contributed by atoms with Crippen molar-refractivity contribution in [2.75, 3.05) is 11.8 Å². The van der Waals surface area contributed by atoms with E-state index >= 15 is 0 Å². The predicted octanol–water partition coefficient (Wildman–Crippen LogP) is 1.30. The Morgan fingerprint density at radius 1 is 1.12 bits per heavy atom. The summed E-state index contributed by atoms with van der Waals surface area (Å²) in [5.41, 5.74) is -0.301. The fraction of sp³-hybridized carbons (Fsp3) is 0.125. The zero-order valence-electron chi connectivity index (χ0n) is 13.3. The maximum Gasteiger partial charge on any atom is 0.422 e. The van der Waals surface area contributed by atoms with Gasteiger partial charge < -0.3 is 9.15 Å². The quantitative estimate of drug-likeness (QED) is 0.750. The zero-order valence-corrected chi connectivity index (χ0v) is 14.2. The highest BCUT2D eigenvalue weighted by molar-refractivity contribution is 7.92. The fourth-order valence-corrected chi connectivity index (χ4v) is 3.42. The average Bonchev–Trinajstić information content (AvgIpc) is 2.59. The molecule has 3 rings (SSSR count). The third-order valence-electron chi connectivity index (χ3n) is 3.64. The van der Waals surface area contributed by atoms with Crippen molar-refractivity contribution in [2.24, 2.45) is 7.05 Å². The van der Waals surface area contributed by atoms with E-state index < -0.39 is 21.4 Å². The van der Waals surface area contributed by atoms with E-state index in [2.05, 4.69) is 9.14 Å². The Labute approximate surface area is 142 Å². The number of nitrogens with one attached hydrogen (secondary N) is 1. The van der Waals surface area contributed by atoms with Gasteiger partial charge in [0, 0.05) is 13.1 Å². The van der Waals surface area contributed by atoms with E-state index in [-0.39, 0.29) is 15.8 Å². The maximum absolute atomic E-state index is 12.6. The van der Waals surface area contributed by atoms with Gasteiger partial charge in [0.15, 0.2) is 0 Å². The second kappa shape index (κ2) is 6.10. The van der Waals surface area contributed by atoms with Crippen molar-refractivity contribution >= 4 is 26.6 Å². The molecule has 0 amide bonds. The average molecular weight is 362 g/mol. The minimum atomic E-state index is -3.94. The summed E-state index contributed by atoms with van der Waals surface area (Å²) < 4.78 is 38.3. The summed E-state index contributed by atoms with van der Waals surface area (Å²) in [6.07, 6.45) is 0. The molecule has 25 heavy (non-hydrogen) atoms. The van der Waals surface area contributed by atoms with Crippen LogP contribution in [0.15, 0.2) is 61.4 Å². The first-order valence-corrected chi connectivity index (χ1v) is 8.61. The molecular formula is C16H14N2O6S. The first-order valence-electron chi connectivity index (χ1n) is 7.12. The van der Waals surface area contributed by atoms with Crippen molar-refractivity contribution in [1.29, 1.82) is 0 Å². The highest BCUT2D eigenvalue weighted by Gasteiger charge is 2.17. The van der Waals surface area contributed by atoms with E-state index in [1.54, 1.807) is 18.2 Å². The van der Waals surface area contributed by atoms with Crippen LogP contribution in [-0.2, 0) is 17.1 Å². The summed E-state index contributed by atoms with van der Waals surface area (Å²) in [6.45, 7) is 0. The van der Waals surface area contributed by atoms with E-state index in [0.717, 1.165) is 4.57 Å². The molecule has 1 N–H and O–H groups in total. The second-order valence-corrected chi connectivity index (χ2v) is 6.91. The lowest BCUT2D eigenvalue weighted by molar-refractivity contribution is 0.415. The van der Waals surface area contributed by atoms with Crippen LogP contribution < -0.4 is 20.8 Å². The molecule has 0 bridgehead atoms.